The van der Waals surface area contributed by atoms with E-state index in [1.54, 1.807) is 29.3 Å². The molecule has 1 unspecified atom stereocenters. The van der Waals surface area contributed by atoms with Gasteiger partial charge in [0.1, 0.15) is 17.4 Å². The lowest BCUT2D eigenvalue weighted by Crippen LogP contribution is -2.47. The molecule has 0 radical (unpaired) electrons. The minimum Gasteiger partial charge on any atom is -0.485 e. The molecule has 1 atom stereocenters. The summed E-state index contributed by atoms with van der Waals surface area (Å²) in [5.41, 5.74) is 2.05. The number of anilines is 1. The van der Waals surface area contributed by atoms with Crippen LogP contribution in [-0.2, 0) is 0 Å². The summed E-state index contributed by atoms with van der Waals surface area (Å²) in [4.78, 5) is 21.1. The number of carbonyl (C=O) groups excluding carboxylic acids is 1. The fraction of sp³-hybridized carbons (Fsp3) is 0.263. The molecule has 4 rings (SSSR count). The third kappa shape index (κ3) is 2.96. The molecule has 0 saturated carbocycles. The summed E-state index contributed by atoms with van der Waals surface area (Å²) in [6.45, 7) is 1.19. The largest absolute Gasteiger partial charge is 0.485 e. The molecule has 6 heteroatoms. The number of hydrogen-bond donors (Lipinski definition) is 0. The number of rotatable bonds is 3. The molecule has 2 aromatic heterocycles. The highest BCUT2D eigenvalue weighted by Gasteiger charge is 2.32. The topological polar surface area (TPSA) is 58.8 Å². The zero-order chi connectivity index (χ0) is 17.4. The minimum atomic E-state index is -0.183. The van der Waals surface area contributed by atoms with Gasteiger partial charge < -0.3 is 14.1 Å². The first kappa shape index (κ1) is 15.7. The van der Waals surface area contributed by atoms with E-state index >= 15 is 0 Å². The highest BCUT2D eigenvalue weighted by atomic mass is 16.5. The molecule has 0 N–H and O–H groups in total. The van der Waals surface area contributed by atoms with Crippen molar-refractivity contribution in [3.05, 3.63) is 54.4 Å². The van der Waals surface area contributed by atoms with E-state index in [0.717, 1.165) is 12.2 Å². The van der Waals surface area contributed by atoms with Gasteiger partial charge in [-0.15, -0.1) is 0 Å². The molecule has 1 aliphatic heterocycles. The number of nitrogens with zero attached hydrogens (tertiary/aromatic N) is 3. The number of carbonyl (C=O) groups is 1. The number of pyridine rings is 1. The lowest BCUT2D eigenvalue weighted by molar-refractivity contribution is 0.0917. The van der Waals surface area contributed by atoms with Crippen LogP contribution in [0.4, 0.5) is 5.69 Å². The quantitative estimate of drug-likeness (QED) is 0.735. The van der Waals surface area contributed by atoms with E-state index in [1.807, 2.05) is 43.3 Å². The van der Waals surface area contributed by atoms with Crippen molar-refractivity contribution < 1.29 is 13.9 Å². The van der Waals surface area contributed by atoms with Gasteiger partial charge in [0.25, 0.3) is 5.91 Å². The van der Waals surface area contributed by atoms with Crippen molar-refractivity contribution in [2.75, 3.05) is 32.1 Å². The van der Waals surface area contributed by atoms with Crippen LogP contribution in [0.15, 0.2) is 53.1 Å². The Morgan fingerprint density at radius 1 is 1.28 bits per heavy atom. The van der Waals surface area contributed by atoms with Crippen LogP contribution in [0.1, 0.15) is 10.6 Å². The van der Waals surface area contributed by atoms with Crippen molar-refractivity contribution in [1.82, 2.24) is 9.88 Å². The predicted molar refractivity (Wildman–Crippen MR) is 95.1 cm³/mol. The first-order valence-electron chi connectivity index (χ1n) is 8.18. The lowest BCUT2D eigenvalue weighted by atomic mass is 10.1. The van der Waals surface area contributed by atoms with Gasteiger partial charge in [0, 0.05) is 18.8 Å². The van der Waals surface area contributed by atoms with Gasteiger partial charge in [-0.25, -0.2) is 0 Å². The number of para-hydroxylation sites is 2. The monoisotopic (exact) mass is 337 g/mol. The van der Waals surface area contributed by atoms with Crippen LogP contribution in [-0.4, -0.2) is 49.1 Å². The van der Waals surface area contributed by atoms with Gasteiger partial charge >= 0.3 is 0 Å². The Morgan fingerprint density at radius 3 is 2.92 bits per heavy atom. The van der Waals surface area contributed by atoms with Crippen LogP contribution in [0.5, 0.6) is 5.75 Å². The van der Waals surface area contributed by atoms with Gasteiger partial charge in [-0.05, 0) is 38.4 Å². The second-order valence-corrected chi connectivity index (χ2v) is 6.38. The van der Waals surface area contributed by atoms with Gasteiger partial charge in [0.2, 0.25) is 0 Å². The zero-order valence-electron chi connectivity index (χ0n) is 14.2. The summed E-state index contributed by atoms with van der Waals surface area (Å²) >= 11 is 0. The van der Waals surface area contributed by atoms with Gasteiger partial charge in [-0.1, -0.05) is 12.1 Å². The maximum atomic E-state index is 13.1. The Labute approximate surface area is 145 Å². The summed E-state index contributed by atoms with van der Waals surface area (Å²) in [6.07, 6.45) is 1.58. The average molecular weight is 337 g/mol. The average Bonchev–Trinajstić information content (AvgIpc) is 3.04. The summed E-state index contributed by atoms with van der Waals surface area (Å²) in [7, 11) is 3.97. The Kier molecular flexibility index (Phi) is 3.89. The molecular weight excluding hydrogens is 318 g/mol. The molecule has 1 amide bonds. The standard InChI is InChI=1S/C19H19N3O3/c1-21(2)11-13-12-22(15-6-3-4-7-17(15)24-13)19(23)18-10-14-16(25-18)8-5-9-20-14/h3-10,13H,11-12H2,1-2H3. The Hall–Kier alpha value is -2.86. The number of amides is 1. The van der Waals surface area contributed by atoms with E-state index in [0.29, 0.717) is 23.4 Å². The highest BCUT2D eigenvalue weighted by molar-refractivity contribution is 6.07. The van der Waals surface area contributed by atoms with Gasteiger partial charge in [0.15, 0.2) is 11.3 Å². The van der Waals surface area contributed by atoms with Crippen LogP contribution < -0.4 is 9.64 Å². The Bertz CT molecular complexity index is 886. The van der Waals surface area contributed by atoms with Crippen molar-refractivity contribution in [2.24, 2.45) is 0 Å². The molecule has 1 aliphatic rings. The Morgan fingerprint density at radius 2 is 2.12 bits per heavy atom. The highest BCUT2D eigenvalue weighted by Crippen LogP contribution is 2.34. The van der Waals surface area contributed by atoms with Crippen LogP contribution in [0.3, 0.4) is 0 Å². The van der Waals surface area contributed by atoms with Crippen molar-refractivity contribution in [3.8, 4) is 5.75 Å². The smallest absolute Gasteiger partial charge is 0.294 e. The molecule has 0 aliphatic carbocycles. The second kappa shape index (κ2) is 6.22. The summed E-state index contributed by atoms with van der Waals surface area (Å²) in [5.74, 6) is 0.815. The number of aromatic nitrogens is 1. The first-order valence-corrected chi connectivity index (χ1v) is 8.18. The van der Waals surface area contributed by atoms with Gasteiger partial charge in [-0.3, -0.25) is 14.7 Å². The fourth-order valence-electron chi connectivity index (χ4n) is 3.10. The molecule has 25 heavy (non-hydrogen) atoms. The molecule has 0 fully saturated rings. The molecule has 0 spiro atoms. The predicted octanol–water partition coefficient (Wildman–Crippen LogP) is 2.80. The fourth-order valence-corrected chi connectivity index (χ4v) is 3.10. The van der Waals surface area contributed by atoms with E-state index in [4.69, 9.17) is 9.15 Å². The van der Waals surface area contributed by atoms with E-state index in [-0.39, 0.29) is 17.8 Å². The number of ether oxygens (including phenoxy) is 1. The van der Waals surface area contributed by atoms with E-state index < -0.39 is 0 Å². The number of hydrogen-bond acceptors (Lipinski definition) is 5. The lowest BCUT2D eigenvalue weighted by Gasteiger charge is -2.35. The van der Waals surface area contributed by atoms with Crippen LogP contribution in [0.25, 0.3) is 11.1 Å². The number of likely N-dealkylation sites (N-methyl/N-ethyl adjacent to an activating group) is 1. The van der Waals surface area contributed by atoms with Crippen molar-refractivity contribution in [3.63, 3.8) is 0 Å². The van der Waals surface area contributed by atoms with Crippen LogP contribution in [0, 0.1) is 0 Å². The van der Waals surface area contributed by atoms with Gasteiger partial charge in [-0.2, -0.15) is 0 Å². The van der Waals surface area contributed by atoms with Gasteiger partial charge in [0.05, 0.1) is 12.2 Å². The molecule has 6 nitrogen and oxygen atoms in total. The van der Waals surface area contributed by atoms with E-state index in [9.17, 15) is 4.79 Å². The third-order valence-corrected chi connectivity index (χ3v) is 4.15. The first-order chi connectivity index (χ1) is 12.1. The number of benzene rings is 1. The molecule has 0 saturated heterocycles. The molecule has 1 aromatic carbocycles. The third-order valence-electron chi connectivity index (χ3n) is 4.15. The number of furan rings is 1. The Balaban J connectivity index is 1.70. The van der Waals surface area contributed by atoms with Crippen LogP contribution in [0.2, 0.25) is 0 Å². The summed E-state index contributed by atoms with van der Waals surface area (Å²) < 4.78 is 11.7. The van der Waals surface area contributed by atoms with E-state index in [2.05, 4.69) is 4.98 Å². The maximum absolute atomic E-state index is 13.1. The van der Waals surface area contributed by atoms with Crippen molar-refractivity contribution >= 4 is 22.7 Å². The van der Waals surface area contributed by atoms with Crippen molar-refractivity contribution in [2.45, 2.75) is 6.10 Å². The van der Waals surface area contributed by atoms with E-state index in [1.165, 1.54) is 0 Å². The normalized spacial score (nSPS) is 16.8. The SMILES string of the molecule is CN(C)CC1CN(C(=O)c2cc3ncccc3o2)c2ccccc2O1. The molecular formula is C19H19N3O3. The summed E-state index contributed by atoms with van der Waals surface area (Å²) in [5, 5.41) is 0. The molecule has 0 bridgehead atoms. The maximum Gasteiger partial charge on any atom is 0.294 e. The van der Waals surface area contributed by atoms with Crippen LogP contribution >= 0.6 is 0 Å². The summed E-state index contributed by atoms with van der Waals surface area (Å²) in [6, 6.07) is 12.9. The molecule has 3 aromatic rings. The second-order valence-electron chi connectivity index (χ2n) is 6.38. The number of fused-ring (bicyclic) bond motifs is 2. The zero-order valence-corrected chi connectivity index (χ0v) is 14.2. The van der Waals surface area contributed by atoms with Crippen molar-refractivity contribution in [1.29, 1.82) is 0 Å². The minimum absolute atomic E-state index is 0.101. The molecule has 3 heterocycles. The molecule has 128 valence electrons.